The number of carbonyl (C=O) groups excluding carboxylic acids is 2. The van der Waals surface area contributed by atoms with Gasteiger partial charge in [0.25, 0.3) is 5.91 Å². The number of aliphatic hydroxyl groups is 1. The summed E-state index contributed by atoms with van der Waals surface area (Å²) in [6.07, 6.45) is 1.02. The molecule has 24 heavy (non-hydrogen) atoms. The average Bonchev–Trinajstić information content (AvgIpc) is 3.10. The Morgan fingerprint density at radius 1 is 1.08 bits per heavy atom. The minimum absolute atomic E-state index is 0.270. The van der Waals surface area contributed by atoms with Gasteiger partial charge < -0.3 is 20.2 Å². The number of furan rings is 1. The number of rotatable bonds is 7. The molecule has 3 unspecified atom stereocenters. The van der Waals surface area contributed by atoms with Crippen molar-refractivity contribution >= 4 is 11.8 Å². The van der Waals surface area contributed by atoms with Gasteiger partial charge in [-0.1, -0.05) is 18.2 Å². The number of benzene rings is 1. The molecule has 128 valence electrons. The highest BCUT2D eigenvalue weighted by Gasteiger charge is 2.20. The first-order chi connectivity index (χ1) is 11.5. The SMILES string of the molecule is CC(CC(O)c1ccco1)NC(=O)C(C)NC(=O)c1ccccc1. The third-order valence-electron chi connectivity index (χ3n) is 3.61. The van der Waals surface area contributed by atoms with Crippen molar-refractivity contribution < 1.29 is 19.1 Å². The van der Waals surface area contributed by atoms with Crippen LogP contribution in [0.2, 0.25) is 0 Å². The van der Waals surface area contributed by atoms with Gasteiger partial charge in [-0.15, -0.1) is 0 Å². The lowest BCUT2D eigenvalue weighted by Crippen LogP contribution is -2.47. The van der Waals surface area contributed by atoms with Gasteiger partial charge in [0.05, 0.1) is 6.26 Å². The molecule has 0 saturated heterocycles. The van der Waals surface area contributed by atoms with E-state index >= 15 is 0 Å². The van der Waals surface area contributed by atoms with E-state index in [4.69, 9.17) is 4.42 Å². The minimum Gasteiger partial charge on any atom is -0.467 e. The summed E-state index contributed by atoms with van der Waals surface area (Å²) in [5.41, 5.74) is 0.499. The summed E-state index contributed by atoms with van der Waals surface area (Å²) in [4.78, 5) is 24.2. The van der Waals surface area contributed by atoms with Gasteiger partial charge in [-0.25, -0.2) is 0 Å². The molecule has 0 bridgehead atoms. The molecule has 3 atom stereocenters. The molecule has 0 aliphatic rings. The van der Waals surface area contributed by atoms with Gasteiger partial charge in [0.2, 0.25) is 5.91 Å². The van der Waals surface area contributed by atoms with Gasteiger partial charge in [0.1, 0.15) is 17.9 Å². The van der Waals surface area contributed by atoms with Crippen LogP contribution in [-0.4, -0.2) is 29.0 Å². The summed E-state index contributed by atoms with van der Waals surface area (Å²) in [5.74, 6) is -0.151. The van der Waals surface area contributed by atoms with E-state index in [1.807, 2.05) is 6.07 Å². The fraction of sp³-hybridized carbons (Fsp3) is 0.333. The molecule has 2 aromatic rings. The molecule has 0 saturated carbocycles. The average molecular weight is 330 g/mol. The number of nitrogens with one attached hydrogen (secondary N) is 2. The number of hydrogen-bond acceptors (Lipinski definition) is 4. The first-order valence-corrected chi connectivity index (χ1v) is 7.85. The molecule has 0 aliphatic heterocycles. The van der Waals surface area contributed by atoms with Crippen molar-refractivity contribution in [3.05, 3.63) is 60.1 Å². The molecule has 3 N–H and O–H groups in total. The monoisotopic (exact) mass is 330 g/mol. The van der Waals surface area contributed by atoms with E-state index in [1.165, 1.54) is 6.26 Å². The van der Waals surface area contributed by atoms with Crippen molar-refractivity contribution in [2.45, 2.75) is 38.5 Å². The van der Waals surface area contributed by atoms with E-state index in [9.17, 15) is 14.7 Å². The Balaban J connectivity index is 1.81. The first-order valence-electron chi connectivity index (χ1n) is 7.85. The van der Waals surface area contributed by atoms with E-state index in [2.05, 4.69) is 10.6 Å². The maximum Gasteiger partial charge on any atom is 0.251 e. The smallest absolute Gasteiger partial charge is 0.251 e. The van der Waals surface area contributed by atoms with Gasteiger partial charge in [-0.3, -0.25) is 9.59 Å². The maximum absolute atomic E-state index is 12.2. The van der Waals surface area contributed by atoms with Crippen LogP contribution in [0.1, 0.15) is 42.5 Å². The molecule has 1 aromatic heterocycles. The Morgan fingerprint density at radius 3 is 2.42 bits per heavy atom. The zero-order valence-corrected chi connectivity index (χ0v) is 13.7. The van der Waals surface area contributed by atoms with E-state index in [0.29, 0.717) is 17.7 Å². The third kappa shape index (κ3) is 4.96. The number of aliphatic hydroxyl groups excluding tert-OH is 1. The Kier molecular flexibility index (Phi) is 6.14. The lowest BCUT2D eigenvalue weighted by Gasteiger charge is -2.20. The Morgan fingerprint density at radius 2 is 1.79 bits per heavy atom. The van der Waals surface area contributed by atoms with Crippen LogP contribution >= 0.6 is 0 Å². The van der Waals surface area contributed by atoms with E-state index in [-0.39, 0.29) is 17.9 Å². The van der Waals surface area contributed by atoms with Crippen molar-refractivity contribution in [2.75, 3.05) is 0 Å². The van der Waals surface area contributed by atoms with Crippen LogP contribution in [0.25, 0.3) is 0 Å². The fourth-order valence-corrected chi connectivity index (χ4v) is 2.29. The highest BCUT2D eigenvalue weighted by molar-refractivity contribution is 5.97. The van der Waals surface area contributed by atoms with Crippen molar-refractivity contribution in [1.82, 2.24) is 10.6 Å². The van der Waals surface area contributed by atoms with Crippen LogP contribution < -0.4 is 10.6 Å². The van der Waals surface area contributed by atoms with E-state index in [0.717, 1.165) is 0 Å². The lowest BCUT2D eigenvalue weighted by molar-refractivity contribution is -0.123. The third-order valence-corrected chi connectivity index (χ3v) is 3.61. The molecule has 6 heteroatoms. The van der Waals surface area contributed by atoms with Gasteiger partial charge in [-0.2, -0.15) is 0 Å². The standard InChI is InChI=1S/C18H22N2O4/c1-12(11-15(21)16-9-6-10-24-16)19-17(22)13(2)20-18(23)14-7-4-3-5-8-14/h3-10,12-13,15,21H,11H2,1-2H3,(H,19,22)(H,20,23). The molecular weight excluding hydrogens is 308 g/mol. The molecule has 0 aliphatic carbocycles. The van der Waals surface area contributed by atoms with Crippen LogP contribution in [0, 0.1) is 0 Å². The minimum atomic E-state index is -0.787. The number of hydrogen-bond donors (Lipinski definition) is 3. The second kappa shape index (κ2) is 8.31. The lowest BCUT2D eigenvalue weighted by atomic mass is 10.1. The number of amides is 2. The summed E-state index contributed by atoms with van der Waals surface area (Å²) in [5, 5.41) is 15.4. The zero-order valence-electron chi connectivity index (χ0n) is 13.7. The fourth-order valence-electron chi connectivity index (χ4n) is 2.29. The summed E-state index contributed by atoms with van der Waals surface area (Å²) in [6, 6.07) is 11.1. The zero-order chi connectivity index (χ0) is 17.5. The largest absolute Gasteiger partial charge is 0.467 e. The number of carbonyl (C=O) groups is 2. The highest BCUT2D eigenvalue weighted by atomic mass is 16.4. The summed E-state index contributed by atoms with van der Waals surface area (Å²) < 4.78 is 5.13. The Labute approximate surface area is 140 Å². The summed E-state index contributed by atoms with van der Waals surface area (Å²) >= 11 is 0. The summed E-state index contributed by atoms with van der Waals surface area (Å²) in [7, 11) is 0. The molecular formula is C18H22N2O4. The van der Waals surface area contributed by atoms with Crippen LogP contribution in [-0.2, 0) is 4.79 Å². The topological polar surface area (TPSA) is 91.6 Å². The van der Waals surface area contributed by atoms with Crippen molar-refractivity contribution in [2.24, 2.45) is 0 Å². The van der Waals surface area contributed by atoms with Crippen LogP contribution in [0.4, 0.5) is 0 Å². The van der Waals surface area contributed by atoms with Crippen LogP contribution in [0.15, 0.2) is 53.1 Å². The quantitative estimate of drug-likeness (QED) is 0.724. The van der Waals surface area contributed by atoms with Gasteiger partial charge in [0.15, 0.2) is 0 Å². The van der Waals surface area contributed by atoms with Crippen LogP contribution in [0.3, 0.4) is 0 Å². The first kappa shape index (κ1) is 17.7. The second-order valence-corrected chi connectivity index (χ2v) is 5.74. The Hall–Kier alpha value is -2.60. The maximum atomic E-state index is 12.2. The van der Waals surface area contributed by atoms with E-state index in [1.54, 1.807) is 50.2 Å². The van der Waals surface area contributed by atoms with E-state index < -0.39 is 12.1 Å². The predicted molar refractivity (Wildman–Crippen MR) is 89.3 cm³/mol. The van der Waals surface area contributed by atoms with Crippen molar-refractivity contribution in [1.29, 1.82) is 0 Å². The molecule has 2 amide bonds. The van der Waals surface area contributed by atoms with Crippen molar-refractivity contribution in [3.63, 3.8) is 0 Å². The second-order valence-electron chi connectivity index (χ2n) is 5.74. The van der Waals surface area contributed by atoms with Gasteiger partial charge in [0, 0.05) is 18.0 Å². The molecule has 2 rings (SSSR count). The predicted octanol–water partition coefficient (Wildman–Crippen LogP) is 2.03. The summed E-state index contributed by atoms with van der Waals surface area (Å²) in [6.45, 7) is 3.40. The normalized spacial score (nSPS) is 14.5. The molecule has 0 fully saturated rings. The molecule has 0 radical (unpaired) electrons. The highest BCUT2D eigenvalue weighted by Crippen LogP contribution is 2.18. The Bertz CT molecular complexity index is 655. The molecule has 6 nitrogen and oxygen atoms in total. The molecule has 0 spiro atoms. The van der Waals surface area contributed by atoms with Gasteiger partial charge in [-0.05, 0) is 38.1 Å². The van der Waals surface area contributed by atoms with Crippen LogP contribution in [0.5, 0.6) is 0 Å². The molecule has 1 heterocycles. The molecule has 1 aromatic carbocycles. The van der Waals surface area contributed by atoms with Gasteiger partial charge >= 0.3 is 0 Å². The van der Waals surface area contributed by atoms with Crippen molar-refractivity contribution in [3.8, 4) is 0 Å².